The van der Waals surface area contributed by atoms with Crippen LogP contribution in [-0.2, 0) is 0 Å². The van der Waals surface area contributed by atoms with Gasteiger partial charge in [-0.1, -0.05) is 31.9 Å². The summed E-state index contributed by atoms with van der Waals surface area (Å²) in [5.74, 6) is 0. The molecule has 3 heteroatoms. The third-order valence-electron chi connectivity index (χ3n) is 3.51. The van der Waals surface area contributed by atoms with Gasteiger partial charge in [0.15, 0.2) is 0 Å². The molecule has 1 atom stereocenters. The summed E-state index contributed by atoms with van der Waals surface area (Å²) in [6, 6.07) is 6.51. The fourth-order valence-electron chi connectivity index (χ4n) is 2.46. The molecule has 0 radical (unpaired) electrons. The van der Waals surface area contributed by atoms with Crippen molar-refractivity contribution < 1.29 is 0 Å². The smallest absolute Gasteiger partial charge is 0.0752 e. The van der Waals surface area contributed by atoms with Crippen molar-refractivity contribution >= 4 is 28.2 Å². The van der Waals surface area contributed by atoms with Crippen molar-refractivity contribution in [3.05, 3.63) is 35.0 Å². The molecular weight excluding hydrogens is 256 g/mol. The first-order chi connectivity index (χ1) is 9.17. The maximum absolute atomic E-state index is 6.42. The van der Waals surface area contributed by atoms with Crippen LogP contribution in [0.15, 0.2) is 24.4 Å². The molecule has 102 valence electrons. The average molecular weight is 277 g/mol. The van der Waals surface area contributed by atoms with Crippen molar-refractivity contribution in [2.75, 3.05) is 5.32 Å². The molecule has 1 heterocycles. The number of halogens is 1. The normalized spacial score (nSPS) is 12.6. The zero-order chi connectivity index (χ0) is 13.8. The Kier molecular flexibility index (Phi) is 4.65. The van der Waals surface area contributed by atoms with Gasteiger partial charge in [0, 0.05) is 17.6 Å². The van der Waals surface area contributed by atoms with Crippen LogP contribution in [0, 0.1) is 6.92 Å². The first-order valence-electron chi connectivity index (χ1n) is 6.97. The third-order valence-corrected chi connectivity index (χ3v) is 3.81. The number of nitrogens with zero attached hydrogens (tertiary/aromatic N) is 1. The molecule has 0 aliphatic rings. The van der Waals surface area contributed by atoms with Crippen molar-refractivity contribution in [2.45, 2.75) is 46.1 Å². The van der Waals surface area contributed by atoms with E-state index in [0.29, 0.717) is 6.04 Å². The second-order valence-electron chi connectivity index (χ2n) is 4.99. The summed E-state index contributed by atoms with van der Waals surface area (Å²) in [5.41, 5.74) is 3.17. The van der Waals surface area contributed by atoms with E-state index in [9.17, 15) is 0 Å². The molecular formula is C16H21ClN2. The summed E-state index contributed by atoms with van der Waals surface area (Å²) in [6.45, 7) is 6.46. The highest BCUT2D eigenvalue weighted by Crippen LogP contribution is 2.33. The molecule has 19 heavy (non-hydrogen) atoms. The zero-order valence-corrected chi connectivity index (χ0v) is 12.6. The van der Waals surface area contributed by atoms with Gasteiger partial charge in [-0.25, -0.2) is 0 Å². The lowest BCUT2D eigenvalue weighted by Crippen LogP contribution is -2.18. The molecule has 0 aliphatic heterocycles. The lowest BCUT2D eigenvalue weighted by Gasteiger charge is -2.20. The van der Waals surface area contributed by atoms with E-state index in [1.807, 2.05) is 25.3 Å². The van der Waals surface area contributed by atoms with Gasteiger partial charge in [0.05, 0.1) is 16.2 Å². The molecule has 0 amide bonds. The molecule has 2 aromatic rings. The Bertz CT molecular complexity index is 566. The Hall–Kier alpha value is -1.28. The second-order valence-corrected chi connectivity index (χ2v) is 5.40. The average Bonchev–Trinajstić information content (AvgIpc) is 2.42. The minimum Gasteiger partial charge on any atom is -0.381 e. The van der Waals surface area contributed by atoms with E-state index in [0.717, 1.165) is 40.0 Å². The van der Waals surface area contributed by atoms with Crippen LogP contribution in [0.3, 0.4) is 0 Å². The monoisotopic (exact) mass is 276 g/mol. The van der Waals surface area contributed by atoms with Crippen LogP contribution in [0.5, 0.6) is 0 Å². The summed E-state index contributed by atoms with van der Waals surface area (Å²) in [4.78, 5) is 4.46. The van der Waals surface area contributed by atoms with E-state index >= 15 is 0 Å². The van der Waals surface area contributed by atoms with Crippen LogP contribution in [0.4, 0.5) is 5.69 Å². The number of hydrogen-bond donors (Lipinski definition) is 1. The van der Waals surface area contributed by atoms with Gasteiger partial charge in [0.1, 0.15) is 0 Å². The Labute approximate surface area is 120 Å². The Balaban J connectivity index is 2.47. The lowest BCUT2D eigenvalue weighted by atomic mass is 10.1. The molecule has 1 aromatic heterocycles. The Morgan fingerprint density at radius 3 is 2.84 bits per heavy atom. The van der Waals surface area contributed by atoms with E-state index < -0.39 is 0 Å². The molecule has 0 spiro atoms. The standard InChI is InChI=1S/C16H21ClN2/c1-4-7-12(5-2)19-16-13-8-6-9-18-15(13)11(3)10-14(16)17/h6,8-10,12,19H,4-5,7H2,1-3H3. The van der Waals surface area contributed by atoms with E-state index in [1.165, 1.54) is 6.42 Å². The summed E-state index contributed by atoms with van der Waals surface area (Å²) < 4.78 is 0. The number of pyridine rings is 1. The summed E-state index contributed by atoms with van der Waals surface area (Å²) in [6.07, 6.45) is 5.25. The molecule has 1 aromatic carbocycles. The fraction of sp³-hybridized carbons (Fsp3) is 0.438. The number of benzene rings is 1. The van der Waals surface area contributed by atoms with Gasteiger partial charge in [0.25, 0.3) is 0 Å². The van der Waals surface area contributed by atoms with Gasteiger partial charge >= 0.3 is 0 Å². The summed E-state index contributed by atoms with van der Waals surface area (Å²) >= 11 is 6.42. The zero-order valence-electron chi connectivity index (χ0n) is 11.8. The van der Waals surface area contributed by atoms with E-state index in [-0.39, 0.29) is 0 Å². The van der Waals surface area contributed by atoms with Crippen molar-refractivity contribution in [3.63, 3.8) is 0 Å². The van der Waals surface area contributed by atoms with Crippen molar-refractivity contribution in [1.29, 1.82) is 0 Å². The van der Waals surface area contributed by atoms with Crippen LogP contribution in [0.1, 0.15) is 38.7 Å². The number of anilines is 1. The van der Waals surface area contributed by atoms with Crippen molar-refractivity contribution in [1.82, 2.24) is 4.98 Å². The Morgan fingerprint density at radius 1 is 1.37 bits per heavy atom. The van der Waals surface area contributed by atoms with E-state index in [4.69, 9.17) is 11.6 Å². The molecule has 0 saturated heterocycles. The predicted molar refractivity (Wildman–Crippen MR) is 84.1 cm³/mol. The minimum atomic E-state index is 0.466. The van der Waals surface area contributed by atoms with Crippen LogP contribution in [0.25, 0.3) is 10.9 Å². The molecule has 1 N–H and O–H groups in total. The van der Waals surface area contributed by atoms with Crippen LogP contribution in [0.2, 0.25) is 5.02 Å². The molecule has 0 bridgehead atoms. The van der Waals surface area contributed by atoms with E-state index in [2.05, 4.69) is 30.2 Å². The van der Waals surface area contributed by atoms with Crippen LogP contribution < -0.4 is 5.32 Å². The topological polar surface area (TPSA) is 24.9 Å². The largest absolute Gasteiger partial charge is 0.381 e. The highest BCUT2D eigenvalue weighted by molar-refractivity contribution is 6.35. The SMILES string of the molecule is CCCC(CC)Nc1c(Cl)cc(C)c2ncccc12. The van der Waals surface area contributed by atoms with Gasteiger partial charge in [0.2, 0.25) is 0 Å². The number of rotatable bonds is 5. The number of aromatic nitrogens is 1. The maximum Gasteiger partial charge on any atom is 0.0752 e. The molecule has 2 rings (SSSR count). The van der Waals surface area contributed by atoms with Crippen molar-refractivity contribution in [2.24, 2.45) is 0 Å². The van der Waals surface area contributed by atoms with Crippen molar-refractivity contribution in [3.8, 4) is 0 Å². The molecule has 0 saturated carbocycles. The Morgan fingerprint density at radius 2 is 2.16 bits per heavy atom. The number of hydrogen-bond acceptors (Lipinski definition) is 2. The number of fused-ring (bicyclic) bond motifs is 1. The first kappa shape index (κ1) is 14.1. The number of aryl methyl sites for hydroxylation is 1. The van der Waals surface area contributed by atoms with Gasteiger partial charge < -0.3 is 5.32 Å². The highest BCUT2D eigenvalue weighted by atomic mass is 35.5. The molecule has 1 unspecified atom stereocenters. The first-order valence-corrected chi connectivity index (χ1v) is 7.35. The number of nitrogens with one attached hydrogen (secondary N) is 1. The van der Waals surface area contributed by atoms with Gasteiger partial charge in [-0.15, -0.1) is 0 Å². The predicted octanol–water partition coefficient (Wildman–Crippen LogP) is 5.19. The maximum atomic E-state index is 6.42. The van der Waals surface area contributed by atoms with Crippen LogP contribution >= 0.6 is 11.6 Å². The molecule has 2 nitrogen and oxygen atoms in total. The van der Waals surface area contributed by atoms with Gasteiger partial charge in [-0.2, -0.15) is 0 Å². The molecule has 0 fully saturated rings. The summed E-state index contributed by atoms with van der Waals surface area (Å²) in [7, 11) is 0. The highest BCUT2D eigenvalue weighted by Gasteiger charge is 2.13. The fourth-order valence-corrected chi connectivity index (χ4v) is 2.78. The quantitative estimate of drug-likeness (QED) is 0.813. The third kappa shape index (κ3) is 3.01. The molecule has 0 aliphatic carbocycles. The van der Waals surface area contributed by atoms with Gasteiger partial charge in [-0.3, -0.25) is 4.98 Å². The van der Waals surface area contributed by atoms with E-state index in [1.54, 1.807) is 0 Å². The second kappa shape index (κ2) is 6.25. The van der Waals surface area contributed by atoms with Crippen LogP contribution in [-0.4, -0.2) is 11.0 Å². The summed E-state index contributed by atoms with van der Waals surface area (Å²) in [5, 5.41) is 5.49. The minimum absolute atomic E-state index is 0.466. The van der Waals surface area contributed by atoms with Gasteiger partial charge in [-0.05, 0) is 43.5 Å². The lowest BCUT2D eigenvalue weighted by molar-refractivity contribution is 0.623.